The molecule has 2 nitrogen and oxygen atoms in total. The predicted molar refractivity (Wildman–Crippen MR) is 98.7 cm³/mol. The zero-order valence-electron chi connectivity index (χ0n) is 13.4. The molecule has 1 unspecified atom stereocenters. The Morgan fingerprint density at radius 1 is 1.00 bits per heavy atom. The molecule has 0 N–H and O–H groups in total. The summed E-state index contributed by atoms with van der Waals surface area (Å²) in [5.41, 5.74) is 3.94. The average Bonchev–Trinajstić information content (AvgIpc) is 3.40. The molecule has 5 rings (SSSR count). The molecule has 3 aromatic rings. The van der Waals surface area contributed by atoms with Gasteiger partial charge in [-0.2, -0.15) is 0 Å². The minimum absolute atomic E-state index is 0.182. The molecule has 120 valence electrons. The molecule has 1 heterocycles. The number of halogens is 1. The van der Waals surface area contributed by atoms with Gasteiger partial charge in [-0.1, -0.05) is 36.4 Å². The lowest BCUT2D eigenvalue weighted by Gasteiger charge is -2.31. The average molecular weight is 336 g/mol. The number of nitrogens with zero attached hydrogens (tertiary/aromatic N) is 1. The van der Waals surface area contributed by atoms with Gasteiger partial charge in [-0.25, -0.2) is 0 Å². The van der Waals surface area contributed by atoms with Gasteiger partial charge in [-0.15, -0.1) is 11.6 Å². The van der Waals surface area contributed by atoms with Crippen LogP contribution < -0.4 is 0 Å². The highest BCUT2D eigenvalue weighted by Gasteiger charge is 2.29. The van der Waals surface area contributed by atoms with E-state index in [4.69, 9.17) is 11.6 Å². The molecular formula is C21H18ClNO. The number of fused-ring (bicyclic) bond motifs is 4. The lowest BCUT2D eigenvalue weighted by molar-refractivity contribution is -0.121. The van der Waals surface area contributed by atoms with Gasteiger partial charge in [0.15, 0.2) is 0 Å². The van der Waals surface area contributed by atoms with Crippen LogP contribution in [-0.2, 0) is 11.2 Å². The van der Waals surface area contributed by atoms with Gasteiger partial charge in [0.25, 0.3) is 0 Å². The Morgan fingerprint density at radius 2 is 1.79 bits per heavy atom. The van der Waals surface area contributed by atoms with Crippen LogP contribution in [0.4, 0.5) is 0 Å². The van der Waals surface area contributed by atoms with Crippen LogP contribution in [0.15, 0.2) is 42.5 Å². The van der Waals surface area contributed by atoms with E-state index in [0.29, 0.717) is 18.6 Å². The van der Waals surface area contributed by atoms with Crippen LogP contribution in [0, 0.1) is 0 Å². The lowest BCUT2D eigenvalue weighted by atomic mass is 9.95. The first-order chi connectivity index (χ1) is 11.7. The van der Waals surface area contributed by atoms with Crippen LogP contribution in [-0.4, -0.2) is 23.8 Å². The minimum atomic E-state index is -0.182. The van der Waals surface area contributed by atoms with Crippen molar-refractivity contribution >= 4 is 38.9 Å². The zero-order valence-corrected chi connectivity index (χ0v) is 14.1. The quantitative estimate of drug-likeness (QED) is 0.298. The maximum Gasteiger partial charge on any atom is 0.135 e. The molecule has 24 heavy (non-hydrogen) atoms. The highest BCUT2D eigenvalue weighted by atomic mass is 35.5. The van der Waals surface area contributed by atoms with Crippen LogP contribution >= 0.6 is 11.6 Å². The topological polar surface area (TPSA) is 20.3 Å². The van der Waals surface area contributed by atoms with Gasteiger partial charge in [0, 0.05) is 31.5 Å². The number of hydrogen-bond donors (Lipinski definition) is 0. The molecule has 0 bridgehead atoms. The number of benzene rings is 3. The summed E-state index contributed by atoms with van der Waals surface area (Å²) in [6, 6.07) is 15.2. The maximum absolute atomic E-state index is 11.6. The number of Topliss-reactive ketones (excluding diaryl/α,β-unsaturated/α-hetero) is 1. The van der Waals surface area contributed by atoms with Crippen molar-refractivity contribution in [3.8, 4) is 0 Å². The standard InChI is InChI=1S/C21H18ClNO/c22-21(23-9-7-16(24)8-10-23)20-17-4-2-1-3-13(17)11-15-6-5-14-12-18(14)19(15)20/h1-6,11,21H,7-10,12H2. The van der Waals surface area contributed by atoms with Gasteiger partial charge in [0.2, 0.25) is 0 Å². The van der Waals surface area contributed by atoms with E-state index >= 15 is 0 Å². The Balaban J connectivity index is 1.74. The largest absolute Gasteiger partial charge is 0.300 e. The summed E-state index contributed by atoms with van der Waals surface area (Å²) < 4.78 is 0. The third kappa shape index (κ3) is 2.17. The van der Waals surface area contributed by atoms with Crippen molar-refractivity contribution in [3.63, 3.8) is 0 Å². The van der Waals surface area contributed by atoms with E-state index in [-0.39, 0.29) is 5.50 Å². The van der Waals surface area contributed by atoms with Crippen molar-refractivity contribution in [2.24, 2.45) is 0 Å². The van der Waals surface area contributed by atoms with Crippen molar-refractivity contribution < 1.29 is 4.79 Å². The third-order valence-electron chi connectivity index (χ3n) is 5.43. The first-order valence-electron chi connectivity index (χ1n) is 8.58. The van der Waals surface area contributed by atoms with Crippen molar-refractivity contribution in [1.29, 1.82) is 0 Å². The van der Waals surface area contributed by atoms with Crippen LogP contribution in [0.25, 0.3) is 21.5 Å². The molecule has 2 aliphatic rings. The van der Waals surface area contributed by atoms with Gasteiger partial charge in [0.05, 0.1) is 0 Å². The fourth-order valence-corrected chi connectivity index (χ4v) is 4.46. The van der Waals surface area contributed by atoms with E-state index in [9.17, 15) is 4.79 Å². The molecule has 3 heteroatoms. The normalized spacial score (nSPS) is 18.8. The summed E-state index contributed by atoms with van der Waals surface area (Å²) in [4.78, 5) is 13.8. The lowest BCUT2D eigenvalue weighted by Crippen LogP contribution is -2.35. The van der Waals surface area contributed by atoms with E-state index in [0.717, 1.165) is 19.5 Å². The van der Waals surface area contributed by atoms with Gasteiger partial charge in [-0.05, 0) is 45.2 Å². The summed E-state index contributed by atoms with van der Waals surface area (Å²) in [7, 11) is 0. The first kappa shape index (κ1) is 14.4. The highest BCUT2D eigenvalue weighted by molar-refractivity contribution is 6.24. The second-order valence-electron chi connectivity index (χ2n) is 6.90. The number of likely N-dealkylation sites (tertiary alicyclic amines) is 1. The van der Waals surface area contributed by atoms with E-state index in [1.54, 1.807) is 0 Å². The molecule has 0 amide bonds. The molecule has 0 saturated carbocycles. The highest BCUT2D eigenvalue weighted by Crippen LogP contribution is 2.44. The molecule has 0 spiro atoms. The Morgan fingerprint density at radius 3 is 2.62 bits per heavy atom. The van der Waals surface area contributed by atoms with Gasteiger partial charge in [-0.3, -0.25) is 9.69 Å². The number of carbonyl (C=O) groups is 1. The van der Waals surface area contributed by atoms with Crippen molar-refractivity contribution in [3.05, 3.63) is 59.2 Å². The first-order valence-corrected chi connectivity index (χ1v) is 9.02. The van der Waals surface area contributed by atoms with Crippen molar-refractivity contribution in [2.45, 2.75) is 24.8 Å². The Hall–Kier alpha value is -1.90. The summed E-state index contributed by atoms with van der Waals surface area (Å²) in [5.74, 6) is 0.352. The van der Waals surface area contributed by atoms with E-state index in [1.165, 1.54) is 38.2 Å². The van der Waals surface area contributed by atoms with E-state index in [2.05, 4.69) is 47.4 Å². The molecule has 1 aliphatic carbocycles. The second-order valence-corrected chi connectivity index (χ2v) is 7.31. The predicted octanol–water partition coefficient (Wildman–Crippen LogP) is 4.80. The van der Waals surface area contributed by atoms with Gasteiger partial charge >= 0.3 is 0 Å². The number of ketones is 1. The molecule has 1 aliphatic heterocycles. The fraction of sp³-hybridized carbons (Fsp3) is 0.286. The summed E-state index contributed by atoms with van der Waals surface area (Å²) >= 11 is 7.00. The molecule has 1 saturated heterocycles. The minimum Gasteiger partial charge on any atom is -0.300 e. The number of hydrogen-bond acceptors (Lipinski definition) is 2. The number of piperidine rings is 1. The number of rotatable bonds is 2. The van der Waals surface area contributed by atoms with Gasteiger partial charge in [0.1, 0.15) is 11.3 Å². The summed E-state index contributed by atoms with van der Waals surface area (Å²) in [5, 5.41) is 5.09. The van der Waals surface area contributed by atoms with Crippen molar-refractivity contribution in [2.75, 3.05) is 13.1 Å². The Bertz CT molecular complexity index is 984. The van der Waals surface area contributed by atoms with Crippen molar-refractivity contribution in [1.82, 2.24) is 4.90 Å². The number of carbonyl (C=O) groups excluding carboxylic acids is 1. The fourth-order valence-electron chi connectivity index (χ4n) is 4.04. The Labute approximate surface area is 146 Å². The van der Waals surface area contributed by atoms with E-state index < -0.39 is 0 Å². The Kier molecular flexibility index (Phi) is 3.19. The molecular weight excluding hydrogens is 318 g/mol. The van der Waals surface area contributed by atoms with Crippen LogP contribution in [0.2, 0.25) is 0 Å². The summed E-state index contributed by atoms with van der Waals surface area (Å²) in [6.45, 7) is 1.51. The maximum atomic E-state index is 11.6. The smallest absolute Gasteiger partial charge is 0.135 e. The monoisotopic (exact) mass is 335 g/mol. The molecule has 0 aromatic heterocycles. The molecule has 1 fully saturated rings. The zero-order chi connectivity index (χ0) is 16.3. The van der Waals surface area contributed by atoms with Crippen LogP contribution in [0.1, 0.15) is 35.0 Å². The SMILES string of the molecule is O=C1CCN(C(Cl)c2c3ccccc3cc3ccc4c(c23)C4)CC1. The van der Waals surface area contributed by atoms with Crippen LogP contribution in [0.5, 0.6) is 0 Å². The molecule has 1 atom stereocenters. The summed E-state index contributed by atoms with van der Waals surface area (Å²) in [6.07, 6.45) is 2.31. The van der Waals surface area contributed by atoms with E-state index in [1.807, 2.05) is 0 Å². The molecule has 0 radical (unpaired) electrons. The second kappa shape index (κ2) is 5.30. The third-order valence-corrected chi connectivity index (χ3v) is 5.92. The van der Waals surface area contributed by atoms with Gasteiger partial charge < -0.3 is 0 Å². The molecule has 3 aromatic carbocycles. The van der Waals surface area contributed by atoms with Crippen LogP contribution in [0.3, 0.4) is 0 Å². The number of alkyl halides is 1.